The summed E-state index contributed by atoms with van der Waals surface area (Å²) in [6.45, 7) is 0. The van der Waals surface area contributed by atoms with E-state index in [9.17, 15) is 14.9 Å². The van der Waals surface area contributed by atoms with Gasteiger partial charge in [0.15, 0.2) is 0 Å². The van der Waals surface area contributed by atoms with Crippen LogP contribution in [0.15, 0.2) is 59.8 Å². The number of H-pyrrole nitrogens is 1. The Morgan fingerprint density at radius 1 is 1.21 bits per heavy atom. The first-order valence-electron chi connectivity index (χ1n) is 7.25. The molecule has 7 nitrogen and oxygen atoms in total. The summed E-state index contributed by atoms with van der Waals surface area (Å²) in [5.41, 5.74) is 5.00. The van der Waals surface area contributed by atoms with Crippen molar-refractivity contribution < 1.29 is 9.72 Å². The summed E-state index contributed by atoms with van der Waals surface area (Å²) in [7, 11) is 0. The van der Waals surface area contributed by atoms with Crippen LogP contribution in [0.2, 0.25) is 0 Å². The molecule has 0 spiro atoms. The zero-order valence-electron chi connectivity index (χ0n) is 12.6. The van der Waals surface area contributed by atoms with Crippen molar-refractivity contribution in [2.75, 3.05) is 0 Å². The zero-order chi connectivity index (χ0) is 16.9. The minimum Gasteiger partial charge on any atom is -0.361 e. The number of benzene rings is 2. The standard InChI is InChI=1S/C17H14N4O3/c22-17(9-12-5-7-14(8-6-12)21(23)24)20-19-11-13-10-18-16-4-2-1-3-15(13)16/h1-8,10-11,18H,9H2,(H,20,22)/b19-11-. The Bertz CT molecular complexity index is 913. The number of fused-ring (bicyclic) bond motifs is 1. The van der Waals surface area contributed by atoms with Crippen LogP contribution in [0.4, 0.5) is 5.69 Å². The molecule has 3 aromatic rings. The molecule has 0 saturated heterocycles. The summed E-state index contributed by atoms with van der Waals surface area (Å²) in [5.74, 6) is -0.292. The van der Waals surface area contributed by atoms with E-state index in [1.54, 1.807) is 18.3 Å². The molecule has 3 rings (SSSR count). The van der Waals surface area contributed by atoms with Crippen LogP contribution in [-0.4, -0.2) is 22.0 Å². The normalized spacial score (nSPS) is 11.0. The van der Waals surface area contributed by atoms with Crippen LogP contribution in [0.3, 0.4) is 0 Å². The highest BCUT2D eigenvalue weighted by molar-refractivity contribution is 5.99. The van der Waals surface area contributed by atoms with E-state index in [0.29, 0.717) is 5.56 Å². The molecule has 0 aliphatic rings. The van der Waals surface area contributed by atoms with Gasteiger partial charge in [0.2, 0.25) is 5.91 Å². The van der Waals surface area contributed by atoms with Crippen molar-refractivity contribution in [3.05, 3.63) is 76.0 Å². The summed E-state index contributed by atoms with van der Waals surface area (Å²) in [4.78, 5) is 25.1. The number of nitro groups is 1. The first-order valence-corrected chi connectivity index (χ1v) is 7.25. The van der Waals surface area contributed by atoms with Crippen LogP contribution in [0.1, 0.15) is 11.1 Å². The summed E-state index contributed by atoms with van der Waals surface area (Å²) in [6, 6.07) is 13.6. The lowest BCUT2D eigenvalue weighted by Gasteiger charge is -2.00. The molecule has 0 saturated carbocycles. The van der Waals surface area contributed by atoms with Crippen LogP contribution in [0.5, 0.6) is 0 Å². The highest BCUT2D eigenvalue weighted by Gasteiger charge is 2.07. The van der Waals surface area contributed by atoms with Crippen molar-refractivity contribution in [1.82, 2.24) is 10.4 Å². The molecule has 1 heterocycles. The average Bonchev–Trinajstić information content (AvgIpc) is 2.99. The Hall–Kier alpha value is -3.48. The van der Waals surface area contributed by atoms with Gasteiger partial charge in [0, 0.05) is 34.8 Å². The fourth-order valence-corrected chi connectivity index (χ4v) is 2.34. The maximum Gasteiger partial charge on any atom is 0.269 e. The van der Waals surface area contributed by atoms with Gasteiger partial charge >= 0.3 is 0 Å². The Balaban J connectivity index is 1.60. The molecule has 2 N–H and O–H groups in total. The van der Waals surface area contributed by atoms with E-state index in [2.05, 4.69) is 15.5 Å². The van der Waals surface area contributed by atoms with E-state index in [-0.39, 0.29) is 18.0 Å². The molecule has 24 heavy (non-hydrogen) atoms. The number of nitrogens with one attached hydrogen (secondary N) is 2. The van der Waals surface area contributed by atoms with Crippen molar-refractivity contribution in [2.45, 2.75) is 6.42 Å². The van der Waals surface area contributed by atoms with E-state index >= 15 is 0 Å². The Morgan fingerprint density at radius 2 is 1.96 bits per heavy atom. The zero-order valence-corrected chi connectivity index (χ0v) is 12.6. The van der Waals surface area contributed by atoms with Gasteiger partial charge < -0.3 is 4.98 Å². The molecule has 0 radical (unpaired) electrons. The number of aromatic amines is 1. The predicted molar refractivity (Wildman–Crippen MR) is 90.8 cm³/mol. The van der Waals surface area contributed by atoms with E-state index in [0.717, 1.165) is 16.5 Å². The monoisotopic (exact) mass is 322 g/mol. The van der Waals surface area contributed by atoms with Gasteiger partial charge in [-0.1, -0.05) is 30.3 Å². The largest absolute Gasteiger partial charge is 0.361 e. The van der Waals surface area contributed by atoms with Gasteiger partial charge in [-0.05, 0) is 11.6 Å². The molecule has 0 bridgehead atoms. The second-order valence-corrected chi connectivity index (χ2v) is 5.18. The number of non-ortho nitro benzene ring substituents is 1. The number of hydrogen-bond donors (Lipinski definition) is 2. The lowest BCUT2D eigenvalue weighted by molar-refractivity contribution is -0.384. The maximum atomic E-state index is 11.9. The first-order chi connectivity index (χ1) is 11.6. The number of rotatable bonds is 5. The summed E-state index contributed by atoms with van der Waals surface area (Å²) < 4.78 is 0. The van der Waals surface area contributed by atoms with Gasteiger partial charge in [0.1, 0.15) is 0 Å². The van der Waals surface area contributed by atoms with Gasteiger partial charge in [0.25, 0.3) is 5.69 Å². The number of nitro benzene ring substituents is 1. The summed E-state index contributed by atoms with van der Waals surface area (Å²) in [6.07, 6.45) is 3.49. The lowest BCUT2D eigenvalue weighted by Crippen LogP contribution is -2.19. The average molecular weight is 322 g/mol. The molecule has 0 fully saturated rings. The van der Waals surface area contributed by atoms with Crippen LogP contribution in [0.25, 0.3) is 10.9 Å². The molecule has 1 amide bonds. The third-order valence-electron chi connectivity index (χ3n) is 3.53. The van der Waals surface area contributed by atoms with E-state index in [1.807, 2.05) is 30.5 Å². The minimum atomic E-state index is -0.477. The van der Waals surface area contributed by atoms with Crippen molar-refractivity contribution in [1.29, 1.82) is 0 Å². The van der Waals surface area contributed by atoms with Gasteiger partial charge in [-0.3, -0.25) is 14.9 Å². The molecule has 1 aromatic heterocycles. The quantitative estimate of drug-likeness (QED) is 0.429. The van der Waals surface area contributed by atoms with Crippen LogP contribution in [0, 0.1) is 10.1 Å². The lowest BCUT2D eigenvalue weighted by atomic mass is 10.1. The Kier molecular flexibility index (Phi) is 4.33. The highest BCUT2D eigenvalue weighted by Crippen LogP contribution is 2.15. The first kappa shape index (κ1) is 15.4. The fourth-order valence-electron chi connectivity index (χ4n) is 2.34. The molecule has 120 valence electrons. The number of hydrogen-bond acceptors (Lipinski definition) is 4. The van der Waals surface area contributed by atoms with Crippen molar-refractivity contribution >= 4 is 28.7 Å². The van der Waals surface area contributed by atoms with Gasteiger partial charge in [-0.2, -0.15) is 5.10 Å². The number of hydrazone groups is 1. The van der Waals surface area contributed by atoms with Crippen LogP contribution >= 0.6 is 0 Å². The van der Waals surface area contributed by atoms with Gasteiger partial charge in [0.05, 0.1) is 17.6 Å². The topological polar surface area (TPSA) is 100 Å². The number of para-hydroxylation sites is 1. The highest BCUT2D eigenvalue weighted by atomic mass is 16.6. The van der Waals surface area contributed by atoms with Crippen LogP contribution < -0.4 is 5.43 Å². The molecule has 2 aromatic carbocycles. The predicted octanol–water partition coefficient (Wildman–Crippen LogP) is 2.77. The number of carbonyl (C=O) groups is 1. The minimum absolute atomic E-state index is 0.00323. The Morgan fingerprint density at radius 3 is 2.71 bits per heavy atom. The van der Waals surface area contributed by atoms with Crippen molar-refractivity contribution in [3.63, 3.8) is 0 Å². The number of amides is 1. The van der Waals surface area contributed by atoms with Gasteiger partial charge in [-0.25, -0.2) is 5.43 Å². The second-order valence-electron chi connectivity index (χ2n) is 5.18. The molecule has 0 atom stereocenters. The molecular weight excluding hydrogens is 308 g/mol. The molecular formula is C17H14N4O3. The maximum absolute atomic E-state index is 11.9. The fraction of sp³-hybridized carbons (Fsp3) is 0.0588. The van der Waals surface area contributed by atoms with Crippen LogP contribution in [-0.2, 0) is 11.2 Å². The molecule has 0 unspecified atom stereocenters. The Labute approximate surface area is 137 Å². The number of aromatic nitrogens is 1. The van der Waals surface area contributed by atoms with E-state index < -0.39 is 4.92 Å². The SMILES string of the molecule is O=C(Cc1ccc([N+](=O)[O-])cc1)N/N=C\c1c[nH]c2ccccc12. The molecule has 7 heteroatoms. The smallest absolute Gasteiger partial charge is 0.269 e. The van der Waals surface area contributed by atoms with Crippen molar-refractivity contribution in [2.24, 2.45) is 5.10 Å². The third kappa shape index (κ3) is 3.46. The molecule has 0 aliphatic heterocycles. The summed E-state index contributed by atoms with van der Waals surface area (Å²) >= 11 is 0. The van der Waals surface area contributed by atoms with Crippen molar-refractivity contribution in [3.8, 4) is 0 Å². The summed E-state index contributed by atoms with van der Waals surface area (Å²) in [5, 5.41) is 15.6. The molecule has 0 aliphatic carbocycles. The van der Waals surface area contributed by atoms with E-state index in [1.165, 1.54) is 12.1 Å². The van der Waals surface area contributed by atoms with Gasteiger partial charge in [-0.15, -0.1) is 0 Å². The number of carbonyl (C=O) groups excluding carboxylic acids is 1. The van der Waals surface area contributed by atoms with E-state index in [4.69, 9.17) is 0 Å². The number of nitrogens with zero attached hydrogens (tertiary/aromatic N) is 2. The third-order valence-corrected chi connectivity index (χ3v) is 3.53. The second kappa shape index (κ2) is 6.74.